The Morgan fingerprint density at radius 1 is 1.09 bits per heavy atom. The molecule has 0 atom stereocenters. The van der Waals surface area contributed by atoms with E-state index in [1.54, 1.807) is 42.5 Å². The Hall–Kier alpha value is -2.53. The van der Waals surface area contributed by atoms with Crippen LogP contribution in [0.2, 0.25) is 0 Å². The van der Waals surface area contributed by atoms with Crippen LogP contribution in [0.3, 0.4) is 0 Å². The van der Waals surface area contributed by atoms with Gasteiger partial charge in [-0.3, -0.25) is 0 Å². The Bertz CT molecular complexity index is 655. The first kappa shape index (κ1) is 16.8. The number of phenols is 1. The summed E-state index contributed by atoms with van der Waals surface area (Å²) in [6.45, 7) is 1.15. The van der Waals surface area contributed by atoms with E-state index in [1.807, 2.05) is 25.1 Å². The van der Waals surface area contributed by atoms with Crippen LogP contribution < -0.4 is 4.74 Å². The third-order valence-electron chi connectivity index (χ3n) is 3.25. The molecule has 0 saturated heterocycles. The van der Waals surface area contributed by atoms with E-state index in [9.17, 15) is 9.90 Å². The number of hydrogen-bond acceptors (Lipinski definition) is 5. The average Bonchev–Trinajstić information content (AvgIpc) is 2.54. The summed E-state index contributed by atoms with van der Waals surface area (Å²) in [5.74, 6) is 0.184. The summed E-state index contributed by atoms with van der Waals surface area (Å²) in [4.78, 5) is 14.1. The molecule has 0 radical (unpaired) electrons. The second-order valence-corrected chi connectivity index (χ2v) is 5.35. The van der Waals surface area contributed by atoms with Gasteiger partial charge >= 0.3 is 5.97 Å². The Morgan fingerprint density at radius 3 is 2.52 bits per heavy atom. The van der Waals surface area contributed by atoms with Crippen molar-refractivity contribution in [2.75, 3.05) is 27.2 Å². The fourth-order valence-corrected chi connectivity index (χ4v) is 1.95. The summed E-state index contributed by atoms with van der Waals surface area (Å²) < 4.78 is 10.9. The molecule has 0 aliphatic heterocycles. The topological polar surface area (TPSA) is 59.0 Å². The molecule has 0 spiro atoms. The summed E-state index contributed by atoms with van der Waals surface area (Å²) in [7, 11) is 3.83. The molecule has 2 aromatic rings. The van der Waals surface area contributed by atoms with Gasteiger partial charge in [0.25, 0.3) is 0 Å². The monoisotopic (exact) mass is 315 g/mol. The molecule has 0 unspecified atom stereocenters. The van der Waals surface area contributed by atoms with Crippen LogP contribution >= 0.6 is 0 Å². The molecule has 0 aliphatic carbocycles. The number of likely N-dealkylation sites (N-methyl/N-ethyl adjacent to an activating group) is 1. The first-order chi connectivity index (χ1) is 11.1. The van der Waals surface area contributed by atoms with Gasteiger partial charge in [-0.15, -0.1) is 0 Å². The van der Waals surface area contributed by atoms with Crippen LogP contribution in [0.1, 0.15) is 15.9 Å². The van der Waals surface area contributed by atoms with Gasteiger partial charge < -0.3 is 19.5 Å². The molecule has 2 aromatic carbocycles. The number of carbonyl (C=O) groups excluding carboxylic acids is 1. The first-order valence-electron chi connectivity index (χ1n) is 7.38. The second-order valence-electron chi connectivity index (χ2n) is 5.35. The van der Waals surface area contributed by atoms with Crippen molar-refractivity contribution in [3.63, 3.8) is 0 Å². The van der Waals surface area contributed by atoms with Crippen LogP contribution in [-0.4, -0.2) is 43.2 Å². The lowest BCUT2D eigenvalue weighted by Crippen LogP contribution is -2.20. The van der Waals surface area contributed by atoms with Gasteiger partial charge in [0.15, 0.2) is 0 Å². The zero-order valence-corrected chi connectivity index (χ0v) is 13.4. The minimum atomic E-state index is -0.417. The van der Waals surface area contributed by atoms with Gasteiger partial charge in [-0.1, -0.05) is 30.3 Å². The molecular weight excluding hydrogens is 294 g/mol. The van der Waals surface area contributed by atoms with Gasteiger partial charge in [0, 0.05) is 12.1 Å². The molecule has 0 bridgehead atoms. The highest BCUT2D eigenvalue weighted by molar-refractivity contribution is 5.92. The molecular formula is C18H21NO4. The second kappa shape index (κ2) is 8.19. The summed E-state index contributed by atoms with van der Waals surface area (Å²) in [5.41, 5.74) is 1.03. The minimum Gasteiger partial charge on any atom is -0.508 e. The minimum absolute atomic E-state index is 0.165. The number of nitrogens with zero attached hydrogens (tertiary/aromatic N) is 1. The largest absolute Gasteiger partial charge is 0.508 e. The van der Waals surface area contributed by atoms with Crippen molar-refractivity contribution in [3.8, 4) is 11.5 Å². The summed E-state index contributed by atoms with van der Waals surface area (Å²) in [5, 5.41) is 9.76. The molecule has 0 heterocycles. The third-order valence-corrected chi connectivity index (χ3v) is 3.25. The van der Waals surface area contributed by atoms with E-state index in [4.69, 9.17) is 9.47 Å². The van der Waals surface area contributed by atoms with Crippen LogP contribution in [0.15, 0.2) is 48.5 Å². The van der Waals surface area contributed by atoms with Crippen molar-refractivity contribution in [2.24, 2.45) is 0 Å². The molecule has 0 saturated carbocycles. The Kier molecular flexibility index (Phi) is 6.00. The zero-order chi connectivity index (χ0) is 16.7. The highest BCUT2D eigenvalue weighted by Gasteiger charge is 2.14. The maximum Gasteiger partial charge on any atom is 0.341 e. The van der Waals surface area contributed by atoms with Crippen molar-refractivity contribution >= 4 is 5.97 Å². The lowest BCUT2D eigenvalue weighted by Gasteiger charge is -2.13. The maximum atomic E-state index is 12.2. The van der Waals surface area contributed by atoms with E-state index < -0.39 is 5.97 Å². The van der Waals surface area contributed by atoms with E-state index in [0.717, 1.165) is 0 Å². The molecule has 1 N–H and O–H groups in total. The number of ether oxygens (including phenoxy) is 2. The van der Waals surface area contributed by atoms with Crippen LogP contribution in [-0.2, 0) is 11.3 Å². The lowest BCUT2D eigenvalue weighted by atomic mass is 10.2. The fourth-order valence-electron chi connectivity index (χ4n) is 1.95. The number of carbonyl (C=O) groups is 1. The summed E-state index contributed by atoms with van der Waals surface area (Å²) >= 11 is 0. The van der Waals surface area contributed by atoms with Gasteiger partial charge in [-0.25, -0.2) is 4.79 Å². The van der Waals surface area contributed by atoms with Crippen molar-refractivity contribution in [2.45, 2.75) is 6.61 Å². The van der Waals surface area contributed by atoms with Crippen molar-refractivity contribution in [3.05, 3.63) is 59.7 Å². The van der Waals surface area contributed by atoms with Crippen LogP contribution in [0.4, 0.5) is 0 Å². The lowest BCUT2D eigenvalue weighted by molar-refractivity contribution is 0.0477. The molecule has 0 aliphatic rings. The van der Waals surface area contributed by atoms with Gasteiger partial charge in [0.05, 0.1) is 0 Å². The quantitative estimate of drug-likeness (QED) is 0.796. The van der Waals surface area contributed by atoms with Gasteiger partial charge in [-0.2, -0.15) is 0 Å². The molecule has 5 heteroatoms. The van der Waals surface area contributed by atoms with E-state index in [1.165, 1.54) is 0 Å². The van der Waals surface area contributed by atoms with Gasteiger partial charge in [-0.05, 0) is 32.3 Å². The highest BCUT2D eigenvalue weighted by atomic mass is 16.5. The van der Waals surface area contributed by atoms with E-state index in [0.29, 0.717) is 30.0 Å². The fraction of sp³-hybridized carbons (Fsp3) is 0.278. The smallest absolute Gasteiger partial charge is 0.341 e. The number of aromatic hydroxyl groups is 1. The third kappa shape index (κ3) is 5.00. The highest BCUT2D eigenvalue weighted by Crippen LogP contribution is 2.23. The SMILES string of the molecule is CN(C)CCOC(=O)c1ccccc1OCc1ccccc1O. The van der Waals surface area contributed by atoms with Crippen LogP contribution in [0.25, 0.3) is 0 Å². The van der Waals surface area contributed by atoms with Crippen LogP contribution in [0, 0.1) is 0 Å². The normalized spacial score (nSPS) is 10.6. The first-order valence-corrected chi connectivity index (χ1v) is 7.38. The molecule has 0 aromatic heterocycles. The number of benzene rings is 2. The molecule has 0 amide bonds. The van der Waals surface area contributed by atoms with E-state index >= 15 is 0 Å². The van der Waals surface area contributed by atoms with Crippen molar-refractivity contribution in [1.82, 2.24) is 4.90 Å². The molecule has 5 nitrogen and oxygen atoms in total. The Labute approximate surface area is 136 Å². The predicted molar refractivity (Wildman–Crippen MR) is 87.7 cm³/mol. The van der Waals surface area contributed by atoms with E-state index in [2.05, 4.69) is 0 Å². The zero-order valence-electron chi connectivity index (χ0n) is 13.4. The number of para-hydroxylation sites is 2. The maximum absolute atomic E-state index is 12.2. The van der Waals surface area contributed by atoms with Crippen molar-refractivity contribution in [1.29, 1.82) is 0 Å². The molecule has 2 rings (SSSR count). The number of rotatable bonds is 7. The number of esters is 1. The Balaban J connectivity index is 2.02. The predicted octanol–water partition coefficient (Wildman–Crippen LogP) is 2.69. The van der Waals surface area contributed by atoms with Gasteiger partial charge in [0.2, 0.25) is 0 Å². The van der Waals surface area contributed by atoms with E-state index in [-0.39, 0.29) is 12.4 Å². The summed E-state index contributed by atoms with van der Waals surface area (Å²) in [6, 6.07) is 13.9. The number of phenolic OH excluding ortho intramolecular Hbond substituents is 1. The number of hydrogen-bond donors (Lipinski definition) is 1. The van der Waals surface area contributed by atoms with Crippen LogP contribution in [0.5, 0.6) is 11.5 Å². The molecule has 23 heavy (non-hydrogen) atoms. The molecule has 0 fully saturated rings. The summed E-state index contributed by atoms with van der Waals surface area (Å²) in [6.07, 6.45) is 0. The Morgan fingerprint density at radius 2 is 1.78 bits per heavy atom. The standard InChI is InChI=1S/C18H21NO4/c1-19(2)11-12-22-18(21)15-8-4-6-10-17(15)23-13-14-7-3-5-9-16(14)20/h3-10,20H,11-13H2,1-2H3. The average molecular weight is 315 g/mol. The van der Waals surface area contributed by atoms with Gasteiger partial charge in [0.1, 0.15) is 30.3 Å². The van der Waals surface area contributed by atoms with Crippen molar-refractivity contribution < 1.29 is 19.4 Å². The molecule has 122 valence electrons.